The van der Waals surface area contributed by atoms with Crippen LogP contribution in [0, 0.1) is 26.7 Å². The molecule has 0 aromatic carbocycles. The summed E-state index contributed by atoms with van der Waals surface area (Å²) in [4.78, 5) is 14.2. The van der Waals surface area contributed by atoms with Gasteiger partial charge < -0.3 is 14.5 Å². The number of carbonyl (C=O) groups excluding carboxylic acids is 1. The van der Waals surface area contributed by atoms with Crippen LogP contribution >= 0.6 is 0 Å². The lowest BCUT2D eigenvalue weighted by Crippen LogP contribution is -2.29. The lowest BCUT2D eigenvalue weighted by Gasteiger charge is -2.15. The summed E-state index contributed by atoms with van der Waals surface area (Å²) in [5, 5.41) is 21.3. The van der Waals surface area contributed by atoms with Crippen LogP contribution in [-0.2, 0) is 17.6 Å². The molecule has 0 bridgehead atoms. The number of aromatic nitrogens is 3. The number of likely N-dealkylation sites (tertiary alicyclic amines) is 1. The van der Waals surface area contributed by atoms with Crippen LogP contribution in [0.25, 0.3) is 0 Å². The molecule has 0 saturated carbocycles. The van der Waals surface area contributed by atoms with Crippen LogP contribution in [0.4, 0.5) is 0 Å². The van der Waals surface area contributed by atoms with Gasteiger partial charge in [-0.15, -0.1) is 0 Å². The van der Waals surface area contributed by atoms with E-state index >= 15 is 0 Å². The Bertz CT molecular complexity index is 721. The molecule has 24 heavy (non-hydrogen) atoms. The monoisotopic (exact) mass is 332 g/mol. The maximum atomic E-state index is 12.4. The molecule has 0 aliphatic carbocycles. The van der Waals surface area contributed by atoms with Crippen molar-refractivity contribution in [3.8, 4) is 0 Å². The van der Waals surface area contributed by atoms with Crippen LogP contribution in [-0.4, -0.2) is 50.5 Å². The molecule has 1 aliphatic rings. The molecule has 1 fully saturated rings. The number of amides is 1. The van der Waals surface area contributed by atoms with Crippen molar-refractivity contribution in [1.29, 1.82) is 0 Å². The molecule has 7 nitrogen and oxygen atoms in total. The van der Waals surface area contributed by atoms with Crippen molar-refractivity contribution in [3.63, 3.8) is 0 Å². The highest BCUT2D eigenvalue weighted by Gasteiger charge is 2.34. The van der Waals surface area contributed by atoms with Gasteiger partial charge >= 0.3 is 0 Å². The summed E-state index contributed by atoms with van der Waals surface area (Å²) >= 11 is 0. The van der Waals surface area contributed by atoms with E-state index in [1.165, 1.54) is 0 Å². The Morgan fingerprint density at radius 2 is 2.21 bits per heavy atom. The lowest BCUT2D eigenvalue weighted by atomic mass is 10.0. The Morgan fingerprint density at radius 1 is 1.42 bits per heavy atom. The number of β-amino-alcohol motifs (C(OH)–C–C–N with tert-alkyl or cyclic N) is 1. The average molecular weight is 332 g/mol. The van der Waals surface area contributed by atoms with Crippen LogP contribution < -0.4 is 0 Å². The van der Waals surface area contributed by atoms with Crippen LogP contribution in [0.3, 0.4) is 0 Å². The van der Waals surface area contributed by atoms with E-state index in [9.17, 15) is 9.90 Å². The van der Waals surface area contributed by atoms with Gasteiger partial charge in [-0.05, 0) is 26.3 Å². The van der Waals surface area contributed by atoms with Crippen molar-refractivity contribution in [3.05, 3.63) is 34.5 Å². The molecule has 2 aromatic heterocycles. The fourth-order valence-corrected chi connectivity index (χ4v) is 3.19. The Morgan fingerprint density at radius 3 is 2.83 bits per heavy atom. The standard InChI is InChI=1S/C17H24N4O3/c1-10-6-14(24-20-10)7-13-8-21(9-16(13)22)17(23)5-4-15-11(2)12(3)18-19-15/h6,13,16,22H,4-5,7-9H2,1-3H3,(H,18,19). The number of aliphatic hydroxyl groups is 1. The summed E-state index contributed by atoms with van der Waals surface area (Å²) < 4.78 is 5.21. The number of H-pyrrole nitrogens is 1. The molecule has 0 radical (unpaired) electrons. The maximum absolute atomic E-state index is 12.4. The van der Waals surface area contributed by atoms with E-state index in [4.69, 9.17) is 4.52 Å². The largest absolute Gasteiger partial charge is 0.391 e. The minimum absolute atomic E-state index is 0.00401. The Hall–Kier alpha value is -2.15. The number of carbonyl (C=O) groups is 1. The van der Waals surface area contributed by atoms with Crippen molar-refractivity contribution in [1.82, 2.24) is 20.3 Å². The molecule has 1 amide bonds. The van der Waals surface area contributed by atoms with Gasteiger partial charge in [-0.1, -0.05) is 5.16 Å². The zero-order chi connectivity index (χ0) is 17.3. The highest BCUT2D eigenvalue weighted by atomic mass is 16.5. The summed E-state index contributed by atoms with van der Waals surface area (Å²) in [6.07, 6.45) is 1.11. The highest BCUT2D eigenvalue weighted by Crippen LogP contribution is 2.23. The van der Waals surface area contributed by atoms with Gasteiger partial charge in [0.2, 0.25) is 5.91 Å². The van der Waals surface area contributed by atoms with Gasteiger partial charge in [0.15, 0.2) is 0 Å². The number of hydrogen-bond acceptors (Lipinski definition) is 5. The Labute approximate surface area is 141 Å². The number of nitrogens with one attached hydrogen (secondary N) is 1. The third-order valence-corrected chi connectivity index (χ3v) is 4.83. The van der Waals surface area contributed by atoms with Gasteiger partial charge in [-0.2, -0.15) is 5.10 Å². The van der Waals surface area contributed by atoms with Crippen molar-refractivity contribution < 1.29 is 14.4 Å². The average Bonchev–Trinajstić information content (AvgIpc) is 3.21. The van der Waals surface area contributed by atoms with E-state index in [-0.39, 0.29) is 11.8 Å². The van der Waals surface area contributed by atoms with Crippen LogP contribution in [0.2, 0.25) is 0 Å². The summed E-state index contributed by atoms with van der Waals surface area (Å²) in [7, 11) is 0. The number of nitrogens with zero attached hydrogens (tertiary/aromatic N) is 3. The molecule has 2 aromatic rings. The molecule has 0 spiro atoms. The predicted molar refractivity (Wildman–Crippen MR) is 87.4 cm³/mol. The summed E-state index contributed by atoms with van der Waals surface area (Å²) in [5.74, 6) is 0.814. The molecule has 2 atom stereocenters. The fourth-order valence-electron chi connectivity index (χ4n) is 3.19. The molecule has 3 heterocycles. The second kappa shape index (κ2) is 6.76. The first-order valence-electron chi connectivity index (χ1n) is 8.32. The second-order valence-electron chi connectivity index (χ2n) is 6.69. The first kappa shape index (κ1) is 16.7. The highest BCUT2D eigenvalue weighted by molar-refractivity contribution is 5.76. The Kier molecular flexibility index (Phi) is 4.71. The van der Waals surface area contributed by atoms with Gasteiger partial charge in [0.1, 0.15) is 5.76 Å². The topological polar surface area (TPSA) is 95.2 Å². The number of aliphatic hydroxyl groups excluding tert-OH is 1. The minimum atomic E-state index is -0.520. The van der Waals surface area contributed by atoms with Gasteiger partial charge in [-0.25, -0.2) is 0 Å². The molecule has 2 N–H and O–H groups in total. The van der Waals surface area contributed by atoms with E-state index in [1.54, 1.807) is 4.90 Å². The summed E-state index contributed by atoms with van der Waals surface area (Å²) in [5.41, 5.74) is 3.92. The molecule has 130 valence electrons. The fraction of sp³-hybridized carbons (Fsp3) is 0.588. The van der Waals surface area contributed by atoms with Gasteiger partial charge in [0, 0.05) is 50.0 Å². The van der Waals surface area contributed by atoms with Crippen molar-refractivity contribution >= 4 is 5.91 Å². The van der Waals surface area contributed by atoms with E-state index in [1.807, 2.05) is 26.8 Å². The van der Waals surface area contributed by atoms with E-state index in [0.717, 1.165) is 28.4 Å². The van der Waals surface area contributed by atoms with Crippen molar-refractivity contribution in [2.75, 3.05) is 13.1 Å². The Balaban J connectivity index is 1.53. The third-order valence-electron chi connectivity index (χ3n) is 4.83. The molecule has 7 heteroatoms. The van der Waals surface area contributed by atoms with E-state index < -0.39 is 6.10 Å². The summed E-state index contributed by atoms with van der Waals surface area (Å²) in [6.45, 7) is 6.79. The maximum Gasteiger partial charge on any atom is 0.223 e. The molecule has 3 rings (SSSR count). The zero-order valence-corrected chi connectivity index (χ0v) is 14.4. The minimum Gasteiger partial charge on any atom is -0.391 e. The van der Waals surface area contributed by atoms with Gasteiger partial charge in [-0.3, -0.25) is 9.89 Å². The van der Waals surface area contributed by atoms with Crippen LogP contribution in [0.1, 0.15) is 34.8 Å². The zero-order valence-electron chi connectivity index (χ0n) is 14.4. The normalized spacial score (nSPS) is 20.8. The quantitative estimate of drug-likeness (QED) is 0.861. The number of aryl methyl sites for hydroxylation is 3. The molecule has 1 saturated heterocycles. The van der Waals surface area contributed by atoms with Crippen LogP contribution in [0.15, 0.2) is 10.6 Å². The predicted octanol–water partition coefficient (Wildman–Crippen LogP) is 1.32. The smallest absolute Gasteiger partial charge is 0.223 e. The molecule has 1 aliphatic heterocycles. The molecular formula is C17H24N4O3. The van der Waals surface area contributed by atoms with Crippen molar-refractivity contribution in [2.24, 2.45) is 5.92 Å². The first-order valence-corrected chi connectivity index (χ1v) is 8.32. The van der Waals surface area contributed by atoms with Crippen molar-refractivity contribution in [2.45, 2.75) is 46.1 Å². The lowest BCUT2D eigenvalue weighted by molar-refractivity contribution is -0.130. The second-order valence-corrected chi connectivity index (χ2v) is 6.69. The van der Waals surface area contributed by atoms with Gasteiger partial charge in [0.05, 0.1) is 17.5 Å². The number of rotatable bonds is 5. The van der Waals surface area contributed by atoms with E-state index in [2.05, 4.69) is 15.4 Å². The van der Waals surface area contributed by atoms with E-state index in [0.29, 0.717) is 32.4 Å². The SMILES string of the molecule is Cc1cc(CC2CN(C(=O)CCc3n[nH]c(C)c3C)CC2O)on1. The molecule has 2 unspecified atom stereocenters. The van der Waals surface area contributed by atoms with Gasteiger partial charge in [0.25, 0.3) is 0 Å². The number of hydrogen-bond donors (Lipinski definition) is 2. The van der Waals surface area contributed by atoms with Crippen LogP contribution in [0.5, 0.6) is 0 Å². The first-order chi connectivity index (χ1) is 11.4. The number of aromatic amines is 1. The third kappa shape index (κ3) is 3.51. The molecular weight excluding hydrogens is 308 g/mol. The summed E-state index contributed by atoms with van der Waals surface area (Å²) in [6, 6.07) is 1.87.